The zero-order chi connectivity index (χ0) is 31.2. The van der Waals surface area contributed by atoms with E-state index in [-0.39, 0.29) is 24.0 Å². The number of ketones is 2. The van der Waals surface area contributed by atoms with E-state index < -0.39 is 59.1 Å². The van der Waals surface area contributed by atoms with E-state index in [9.17, 15) is 28.8 Å². The summed E-state index contributed by atoms with van der Waals surface area (Å²) in [6.07, 6.45) is 4.69. The Balaban J connectivity index is 1.69. The molecule has 12 nitrogen and oxygen atoms in total. The summed E-state index contributed by atoms with van der Waals surface area (Å²) in [4.78, 5) is 82.5. The summed E-state index contributed by atoms with van der Waals surface area (Å²) in [7, 11) is 0. The van der Waals surface area contributed by atoms with Gasteiger partial charge in [0.25, 0.3) is 5.91 Å². The number of hydrogen-bond donors (Lipinski definition) is 4. The minimum absolute atomic E-state index is 0.0383. The van der Waals surface area contributed by atoms with E-state index in [1.807, 2.05) is 34.6 Å². The molecule has 4 atom stereocenters. The number of carbonyl (C=O) groups excluding carboxylic acids is 6. The Labute approximate surface area is 246 Å². The van der Waals surface area contributed by atoms with Gasteiger partial charge in [0.1, 0.15) is 17.8 Å². The SMILES string of the molecule is CC(C)C(CC(=O)c1ccccn1)NC(=O)NC(C(=O)N1CCC[C@H]1C(=O)NC(CC1CC1)C(=O)C(N)=O)C(C)(C)C. The van der Waals surface area contributed by atoms with E-state index in [0.717, 1.165) is 12.8 Å². The lowest BCUT2D eigenvalue weighted by Crippen LogP contribution is -2.60. The van der Waals surface area contributed by atoms with Gasteiger partial charge >= 0.3 is 6.03 Å². The van der Waals surface area contributed by atoms with Crippen LogP contribution in [0.15, 0.2) is 24.4 Å². The summed E-state index contributed by atoms with van der Waals surface area (Å²) in [6.45, 7) is 9.50. The topological polar surface area (TPSA) is 181 Å². The maximum absolute atomic E-state index is 13.8. The molecule has 0 bridgehead atoms. The Morgan fingerprint density at radius 2 is 1.71 bits per heavy atom. The number of nitrogens with two attached hydrogens (primary N) is 1. The Morgan fingerprint density at radius 3 is 2.26 bits per heavy atom. The molecule has 0 aromatic carbocycles. The molecule has 0 spiro atoms. The predicted octanol–water partition coefficient (Wildman–Crippen LogP) is 1.72. The molecule has 1 aromatic heterocycles. The number of primary amides is 1. The van der Waals surface area contributed by atoms with Crippen LogP contribution in [-0.4, -0.2) is 75.9 Å². The van der Waals surface area contributed by atoms with Gasteiger partial charge in [0, 0.05) is 25.2 Å². The molecule has 230 valence electrons. The molecule has 3 rings (SSSR count). The first kappa shape index (κ1) is 32.7. The number of hydrogen-bond acceptors (Lipinski definition) is 7. The third-order valence-corrected chi connectivity index (χ3v) is 7.85. The number of nitrogens with one attached hydrogen (secondary N) is 3. The van der Waals surface area contributed by atoms with Gasteiger partial charge in [-0.3, -0.25) is 29.0 Å². The van der Waals surface area contributed by atoms with E-state index in [1.165, 1.54) is 11.1 Å². The van der Waals surface area contributed by atoms with Crippen LogP contribution in [0.3, 0.4) is 0 Å². The minimum atomic E-state index is -1.11. The average molecular weight is 585 g/mol. The average Bonchev–Trinajstić information content (AvgIpc) is 3.60. The van der Waals surface area contributed by atoms with Crippen LogP contribution >= 0.6 is 0 Å². The summed E-state index contributed by atoms with van der Waals surface area (Å²) in [6, 6.07) is 1.08. The van der Waals surface area contributed by atoms with E-state index >= 15 is 0 Å². The molecule has 1 aliphatic carbocycles. The molecule has 42 heavy (non-hydrogen) atoms. The van der Waals surface area contributed by atoms with Crippen molar-refractivity contribution in [2.45, 2.75) is 97.3 Å². The van der Waals surface area contributed by atoms with Crippen LogP contribution in [0.1, 0.15) is 83.6 Å². The molecule has 5 N–H and O–H groups in total. The van der Waals surface area contributed by atoms with Gasteiger partial charge in [-0.05, 0) is 48.6 Å². The van der Waals surface area contributed by atoms with Gasteiger partial charge in [0.2, 0.25) is 17.6 Å². The van der Waals surface area contributed by atoms with Crippen molar-refractivity contribution in [2.24, 2.45) is 23.0 Å². The number of likely N-dealkylation sites (tertiary alicyclic amines) is 1. The highest BCUT2D eigenvalue weighted by atomic mass is 16.2. The van der Waals surface area contributed by atoms with Gasteiger partial charge in [0.15, 0.2) is 5.78 Å². The smallest absolute Gasteiger partial charge is 0.315 e. The van der Waals surface area contributed by atoms with Crippen molar-refractivity contribution >= 4 is 35.3 Å². The fourth-order valence-electron chi connectivity index (χ4n) is 5.10. The predicted molar refractivity (Wildman–Crippen MR) is 155 cm³/mol. The van der Waals surface area contributed by atoms with Crippen LogP contribution in [0.4, 0.5) is 4.79 Å². The number of pyridine rings is 1. The van der Waals surface area contributed by atoms with Crippen molar-refractivity contribution in [3.8, 4) is 0 Å². The first-order chi connectivity index (χ1) is 19.7. The van der Waals surface area contributed by atoms with Gasteiger partial charge < -0.3 is 26.6 Å². The maximum Gasteiger partial charge on any atom is 0.315 e. The van der Waals surface area contributed by atoms with Crippen LogP contribution < -0.4 is 21.7 Å². The molecule has 2 heterocycles. The number of carbonyl (C=O) groups is 6. The number of nitrogens with zero attached hydrogens (tertiary/aromatic N) is 2. The van der Waals surface area contributed by atoms with Gasteiger partial charge in [-0.15, -0.1) is 0 Å². The highest BCUT2D eigenvalue weighted by Crippen LogP contribution is 2.34. The Morgan fingerprint density at radius 1 is 1.02 bits per heavy atom. The number of urea groups is 1. The molecule has 0 radical (unpaired) electrons. The van der Waals surface area contributed by atoms with Crippen molar-refractivity contribution in [2.75, 3.05) is 6.54 Å². The highest BCUT2D eigenvalue weighted by molar-refractivity contribution is 6.37. The lowest BCUT2D eigenvalue weighted by molar-refractivity contribution is -0.143. The molecule has 2 aliphatic rings. The molecule has 12 heteroatoms. The number of Topliss-reactive ketones (excluding diaryl/α,β-unsaturated/α-hetero) is 2. The second kappa shape index (κ2) is 13.9. The lowest BCUT2D eigenvalue weighted by Gasteiger charge is -2.36. The first-order valence-electron chi connectivity index (χ1n) is 14.6. The van der Waals surface area contributed by atoms with E-state index in [2.05, 4.69) is 20.9 Å². The van der Waals surface area contributed by atoms with Crippen LogP contribution in [0.2, 0.25) is 0 Å². The summed E-state index contributed by atoms with van der Waals surface area (Å²) >= 11 is 0. The Bertz CT molecular complexity index is 1180. The monoisotopic (exact) mass is 584 g/mol. The molecule has 3 unspecified atom stereocenters. The molecule has 1 saturated carbocycles. The summed E-state index contributed by atoms with van der Waals surface area (Å²) in [5.41, 5.74) is 4.80. The van der Waals surface area contributed by atoms with Crippen molar-refractivity contribution in [1.29, 1.82) is 0 Å². The fourth-order valence-corrected chi connectivity index (χ4v) is 5.10. The standard InChI is InChI=1S/C30H44N6O6/c1-17(2)20(16-23(37)19-9-6-7-13-32-19)34-29(42)35-25(30(3,4)5)28(41)36-14-8-10-22(36)27(40)33-21(15-18-11-12-18)24(38)26(31)39/h6-7,9,13,17-18,20-22,25H,8,10-12,14-16H2,1-5H3,(H2,31,39)(H,33,40)(H2,34,35,42)/t20?,21?,22-,25?/m0/s1. The highest BCUT2D eigenvalue weighted by Gasteiger charge is 2.43. The van der Waals surface area contributed by atoms with Crippen molar-refractivity contribution < 1.29 is 28.8 Å². The molecule has 1 aliphatic heterocycles. The second-order valence-corrected chi connectivity index (χ2v) is 12.8. The number of amides is 5. The first-order valence-corrected chi connectivity index (χ1v) is 14.6. The molecule has 2 fully saturated rings. The lowest BCUT2D eigenvalue weighted by atomic mass is 9.85. The molecule has 1 saturated heterocycles. The Kier molecular flexibility index (Phi) is 10.8. The largest absolute Gasteiger partial charge is 0.363 e. The van der Waals surface area contributed by atoms with E-state index in [0.29, 0.717) is 31.5 Å². The quantitative estimate of drug-likeness (QED) is 0.201. The second-order valence-electron chi connectivity index (χ2n) is 12.8. The third-order valence-electron chi connectivity index (χ3n) is 7.85. The van der Waals surface area contributed by atoms with Crippen LogP contribution in [-0.2, 0) is 19.2 Å². The molecular formula is C30H44N6O6. The van der Waals surface area contributed by atoms with Crippen molar-refractivity contribution in [1.82, 2.24) is 25.8 Å². The number of aromatic nitrogens is 1. The van der Waals surface area contributed by atoms with Crippen LogP contribution in [0.25, 0.3) is 0 Å². The van der Waals surface area contributed by atoms with Crippen LogP contribution in [0, 0.1) is 17.3 Å². The Hall–Kier alpha value is -3.83. The normalized spacial score (nSPS) is 19.0. The van der Waals surface area contributed by atoms with E-state index in [1.54, 1.807) is 18.2 Å². The third kappa shape index (κ3) is 8.83. The van der Waals surface area contributed by atoms with Crippen molar-refractivity contribution in [3.05, 3.63) is 30.1 Å². The number of rotatable bonds is 13. The zero-order valence-corrected chi connectivity index (χ0v) is 25.1. The van der Waals surface area contributed by atoms with E-state index in [4.69, 9.17) is 5.73 Å². The summed E-state index contributed by atoms with van der Waals surface area (Å²) in [5, 5.41) is 8.29. The van der Waals surface area contributed by atoms with Gasteiger partial charge in [-0.25, -0.2) is 4.79 Å². The van der Waals surface area contributed by atoms with Gasteiger partial charge in [0.05, 0.1) is 6.04 Å². The van der Waals surface area contributed by atoms with Crippen LogP contribution in [0.5, 0.6) is 0 Å². The maximum atomic E-state index is 13.8. The fraction of sp³-hybridized carbons (Fsp3) is 0.633. The molecule has 1 aromatic rings. The summed E-state index contributed by atoms with van der Waals surface area (Å²) < 4.78 is 0. The minimum Gasteiger partial charge on any atom is -0.363 e. The van der Waals surface area contributed by atoms with Crippen molar-refractivity contribution in [3.63, 3.8) is 0 Å². The zero-order valence-electron chi connectivity index (χ0n) is 25.1. The molecule has 5 amide bonds. The van der Waals surface area contributed by atoms with Gasteiger partial charge in [-0.2, -0.15) is 0 Å². The summed E-state index contributed by atoms with van der Waals surface area (Å²) in [5.74, 6) is -2.94. The molecular weight excluding hydrogens is 540 g/mol. The van der Waals surface area contributed by atoms with Gasteiger partial charge in [-0.1, -0.05) is 53.5 Å².